The number of halogens is 1. The molecule has 3 nitrogen and oxygen atoms in total. The molecule has 0 atom stereocenters. The maximum absolute atomic E-state index is 13.4. The summed E-state index contributed by atoms with van der Waals surface area (Å²) in [6, 6.07) is 6.06. The Hall–Kier alpha value is -1.49. The molecule has 0 radical (unpaired) electrons. The Morgan fingerprint density at radius 1 is 1.45 bits per heavy atom. The quantitative estimate of drug-likeness (QED) is 0.868. The van der Waals surface area contributed by atoms with E-state index in [4.69, 9.17) is 18.0 Å². The predicted molar refractivity (Wildman–Crippen MR) is 82.1 cm³/mol. The van der Waals surface area contributed by atoms with E-state index in [9.17, 15) is 9.18 Å². The van der Waals surface area contributed by atoms with E-state index in [0.29, 0.717) is 25.1 Å². The number of hydrogen-bond acceptors (Lipinski definition) is 2. The Morgan fingerprint density at radius 3 is 2.60 bits per heavy atom. The van der Waals surface area contributed by atoms with Crippen LogP contribution in [-0.4, -0.2) is 17.4 Å². The highest BCUT2D eigenvalue weighted by Crippen LogP contribution is 2.41. The standard InChI is InChI=1S/C15H19FN2OS/c1-2-18(12-7-5-6-11(16)10-12)14(19)15(13(17)20)8-3-4-9-15/h5-7,10H,2-4,8-9H2,1H3,(H2,17,20). The van der Waals surface area contributed by atoms with Crippen molar-refractivity contribution < 1.29 is 9.18 Å². The first-order valence-electron chi connectivity index (χ1n) is 6.88. The van der Waals surface area contributed by atoms with Crippen LogP contribution in [0.15, 0.2) is 24.3 Å². The van der Waals surface area contributed by atoms with Gasteiger partial charge in [0.25, 0.3) is 0 Å². The normalized spacial score (nSPS) is 16.9. The van der Waals surface area contributed by atoms with Crippen molar-refractivity contribution in [3.63, 3.8) is 0 Å². The molecule has 1 aliphatic carbocycles. The molecule has 0 spiro atoms. The van der Waals surface area contributed by atoms with Crippen molar-refractivity contribution in [3.05, 3.63) is 30.1 Å². The minimum atomic E-state index is -0.752. The number of nitrogens with zero attached hydrogens (tertiary/aromatic N) is 1. The van der Waals surface area contributed by atoms with Crippen LogP contribution in [0.25, 0.3) is 0 Å². The zero-order chi connectivity index (χ0) is 14.8. The summed E-state index contributed by atoms with van der Waals surface area (Å²) in [5.74, 6) is -0.458. The number of thiocarbonyl (C=S) groups is 1. The van der Waals surface area contributed by atoms with Crippen LogP contribution in [0.5, 0.6) is 0 Å². The number of amides is 1. The van der Waals surface area contributed by atoms with E-state index < -0.39 is 5.41 Å². The van der Waals surface area contributed by atoms with E-state index in [2.05, 4.69) is 0 Å². The first-order chi connectivity index (χ1) is 9.51. The summed E-state index contributed by atoms with van der Waals surface area (Å²) in [5, 5.41) is 0. The summed E-state index contributed by atoms with van der Waals surface area (Å²) in [5.41, 5.74) is 5.65. The number of rotatable bonds is 4. The molecule has 2 N–H and O–H groups in total. The molecule has 20 heavy (non-hydrogen) atoms. The summed E-state index contributed by atoms with van der Waals surface area (Å²) in [6.07, 6.45) is 3.27. The second kappa shape index (κ2) is 5.87. The predicted octanol–water partition coefficient (Wildman–Crippen LogP) is 3.03. The van der Waals surface area contributed by atoms with E-state index in [1.807, 2.05) is 6.92 Å². The lowest BCUT2D eigenvalue weighted by atomic mass is 9.84. The van der Waals surface area contributed by atoms with Crippen LogP contribution in [-0.2, 0) is 4.79 Å². The molecule has 1 saturated carbocycles. The molecular formula is C15H19FN2OS. The van der Waals surface area contributed by atoms with Crippen molar-refractivity contribution in [1.29, 1.82) is 0 Å². The first-order valence-corrected chi connectivity index (χ1v) is 7.29. The molecule has 1 fully saturated rings. The molecule has 1 aromatic rings. The summed E-state index contributed by atoms with van der Waals surface area (Å²) in [7, 11) is 0. The maximum Gasteiger partial charge on any atom is 0.240 e. The summed E-state index contributed by atoms with van der Waals surface area (Å²) in [4.78, 5) is 14.7. The van der Waals surface area contributed by atoms with Crippen molar-refractivity contribution >= 4 is 28.8 Å². The largest absolute Gasteiger partial charge is 0.392 e. The molecule has 5 heteroatoms. The van der Waals surface area contributed by atoms with E-state index in [-0.39, 0.29) is 16.7 Å². The SMILES string of the molecule is CCN(C(=O)C1(C(N)=S)CCCC1)c1cccc(F)c1. The fraction of sp³-hybridized carbons (Fsp3) is 0.467. The summed E-state index contributed by atoms with van der Waals surface area (Å²) in [6.45, 7) is 2.33. The third kappa shape index (κ3) is 2.54. The highest BCUT2D eigenvalue weighted by atomic mass is 32.1. The fourth-order valence-electron chi connectivity index (χ4n) is 2.89. The van der Waals surface area contributed by atoms with Crippen molar-refractivity contribution in [3.8, 4) is 0 Å². The van der Waals surface area contributed by atoms with Crippen molar-refractivity contribution in [1.82, 2.24) is 0 Å². The van der Waals surface area contributed by atoms with Gasteiger partial charge in [-0.1, -0.05) is 31.1 Å². The Morgan fingerprint density at radius 2 is 2.10 bits per heavy atom. The van der Waals surface area contributed by atoms with Crippen LogP contribution in [0.1, 0.15) is 32.6 Å². The third-order valence-electron chi connectivity index (χ3n) is 4.02. The molecule has 0 heterocycles. The van der Waals surface area contributed by atoms with E-state index in [0.717, 1.165) is 12.8 Å². The van der Waals surface area contributed by atoms with Crippen LogP contribution in [0.3, 0.4) is 0 Å². The highest BCUT2D eigenvalue weighted by molar-refractivity contribution is 7.80. The number of anilines is 1. The zero-order valence-electron chi connectivity index (χ0n) is 11.6. The minimum Gasteiger partial charge on any atom is -0.392 e. The Labute approximate surface area is 123 Å². The van der Waals surface area contributed by atoms with Crippen LogP contribution < -0.4 is 10.6 Å². The summed E-state index contributed by atoms with van der Waals surface area (Å²) < 4.78 is 13.4. The lowest BCUT2D eigenvalue weighted by Gasteiger charge is -2.33. The van der Waals surface area contributed by atoms with Crippen molar-refractivity contribution in [2.24, 2.45) is 11.1 Å². The van der Waals surface area contributed by atoms with Gasteiger partial charge in [-0.15, -0.1) is 0 Å². The van der Waals surface area contributed by atoms with Crippen molar-refractivity contribution in [2.75, 3.05) is 11.4 Å². The average molecular weight is 294 g/mol. The number of carbonyl (C=O) groups is 1. The molecule has 1 amide bonds. The fourth-order valence-corrected chi connectivity index (χ4v) is 3.18. The highest BCUT2D eigenvalue weighted by Gasteiger charge is 2.46. The maximum atomic E-state index is 13.4. The zero-order valence-corrected chi connectivity index (χ0v) is 12.4. The van der Waals surface area contributed by atoms with Crippen LogP contribution in [0.2, 0.25) is 0 Å². The second-order valence-electron chi connectivity index (χ2n) is 5.18. The molecule has 108 valence electrons. The molecule has 2 rings (SSSR count). The number of benzene rings is 1. The molecule has 1 aliphatic rings. The lowest BCUT2D eigenvalue weighted by Crippen LogP contribution is -2.49. The van der Waals surface area contributed by atoms with Gasteiger partial charge in [0.15, 0.2) is 0 Å². The van der Waals surface area contributed by atoms with Gasteiger partial charge in [0.2, 0.25) is 5.91 Å². The van der Waals surface area contributed by atoms with Gasteiger partial charge in [-0.25, -0.2) is 4.39 Å². The van der Waals surface area contributed by atoms with Gasteiger partial charge in [0.1, 0.15) is 5.82 Å². The van der Waals surface area contributed by atoms with Gasteiger partial charge in [0.05, 0.1) is 10.4 Å². The molecule has 0 aromatic heterocycles. The van der Waals surface area contributed by atoms with Gasteiger partial charge in [-0.05, 0) is 38.0 Å². The molecular weight excluding hydrogens is 275 g/mol. The van der Waals surface area contributed by atoms with E-state index >= 15 is 0 Å². The molecule has 0 unspecified atom stereocenters. The first kappa shape index (κ1) is 14.9. The topological polar surface area (TPSA) is 46.3 Å². The number of nitrogens with two attached hydrogens (primary N) is 1. The number of carbonyl (C=O) groups excluding carboxylic acids is 1. The minimum absolute atomic E-state index is 0.101. The lowest BCUT2D eigenvalue weighted by molar-refractivity contribution is -0.124. The Kier molecular flexibility index (Phi) is 4.38. The van der Waals surface area contributed by atoms with E-state index in [1.54, 1.807) is 17.0 Å². The third-order valence-corrected chi connectivity index (χ3v) is 4.41. The monoisotopic (exact) mass is 294 g/mol. The van der Waals surface area contributed by atoms with Gasteiger partial charge in [0, 0.05) is 12.2 Å². The molecule has 1 aromatic carbocycles. The van der Waals surface area contributed by atoms with E-state index in [1.165, 1.54) is 12.1 Å². The summed E-state index contributed by atoms with van der Waals surface area (Å²) >= 11 is 5.14. The Bertz CT molecular complexity index is 526. The smallest absolute Gasteiger partial charge is 0.240 e. The van der Waals surface area contributed by atoms with Crippen LogP contribution >= 0.6 is 12.2 Å². The molecule has 0 saturated heterocycles. The van der Waals surface area contributed by atoms with Crippen molar-refractivity contribution in [2.45, 2.75) is 32.6 Å². The van der Waals surface area contributed by atoms with Crippen LogP contribution in [0.4, 0.5) is 10.1 Å². The van der Waals surface area contributed by atoms with Gasteiger partial charge < -0.3 is 10.6 Å². The van der Waals surface area contributed by atoms with Gasteiger partial charge in [-0.3, -0.25) is 4.79 Å². The molecule has 0 bridgehead atoms. The number of hydrogen-bond donors (Lipinski definition) is 1. The average Bonchev–Trinajstić information content (AvgIpc) is 2.90. The van der Waals surface area contributed by atoms with Gasteiger partial charge in [-0.2, -0.15) is 0 Å². The second-order valence-corrected chi connectivity index (χ2v) is 5.62. The molecule has 0 aliphatic heterocycles. The van der Waals surface area contributed by atoms with Gasteiger partial charge >= 0.3 is 0 Å². The van der Waals surface area contributed by atoms with Crippen LogP contribution in [0, 0.1) is 11.2 Å². The Balaban J connectivity index is 2.36.